The number of pyridine rings is 1. The average Bonchev–Trinajstić information content (AvgIpc) is 3.13. The van der Waals surface area contributed by atoms with Crippen LogP contribution in [-0.4, -0.2) is 19.7 Å². The third-order valence-corrected chi connectivity index (χ3v) is 6.93. The smallest absolute Gasteiger partial charge is 0.338 e. The van der Waals surface area contributed by atoms with Crippen LogP contribution in [0.4, 0.5) is 0 Å². The number of benzene rings is 1. The zero-order valence-corrected chi connectivity index (χ0v) is 18.3. The predicted octanol–water partition coefficient (Wildman–Crippen LogP) is 3.70. The standard InChI is InChI=1S/C24H23N3O3S/c1-24(2)14-17-18(15-30-24)31-22-20(17)21(28)27(19-10-6-7-12-25-19)23(29)26(22)13-11-16-8-4-3-5-9-16/h3-10,12H,11,13-15H2,1-2H3. The lowest BCUT2D eigenvalue weighted by Gasteiger charge is -2.29. The molecular formula is C24H23N3O3S. The van der Waals surface area contributed by atoms with Crippen molar-refractivity contribution in [2.75, 3.05) is 0 Å². The van der Waals surface area contributed by atoms with Crippen LogP contribution < -0.4 is 11.2 Å². The Kier molecular flexibility index (Phi) is 4.87. The summed E-state index contributed by atoms with van der Waals surface area (Å²) in [6, 6.07) is 15.3. The summed E-state index contributed by atoms with van der Waals surface area (Å²) in [5, 5.41) is 0.620. The summed E-state index contributed by atoms with van der Waals surface area (Å²) < 4.78 is 8.92. The summed E-state index contributed by atoms with van der Waals surface area (Å²) in [6.07, 6.45) is 2.93. The van der Waals surface area contributed by atoms with E-state index in [0.717, 1.165) is 20.8 Å². The summed E-state index contributed by atoms with van der Waals surface area (Å²) in [5.74, 6) is 0.346. The molecule has 0 unspecified atom stereocenters. The Bertz CT molecular complexity index is 1370. The number of nitrogens with zero attached hydrogens (tertiary/aromatic N) is 3. The largest absolute Gasteiger partial charge is 0.370 e. The molecule has 0 radical (unpaired) electrons. The lowest BCUT2D eigenvalue weighted by molar-refractivity contribution is -0.0379. The minimum Gasteiger partial charge on any atom is -0.370 e. The van der Waals surface area contributed by atoms with E-state index in [9.17, 15) is 9.59 Å². The molecule has 1 aliphatic heterocycles. The second kappa shape index (κ2) is 7.59. The zero-order chi connectivity index (χ0) is 21.6. The van der Waals surface area contributed by atoms with Crippen molar-refractivity contribution in [3.8, 4) is 5.82 Å². The van der Waals surface area contributed by atoms with Crippen LogP contribution >= 0.6 is 11.3 Å². The van der Waals surface area contributed by atoms with E-state index >= 15 is 0 Å². The molecule has 0 amide bonds. The number of thiophene rings is 1. The summed E-state index contributed by atoms with van der Waals surface area (Å²) in [6.45, 7) is 5.00. The Hall–Kier alpha value is -3.03. The van der Waals surface area contributed by atoms with Crippen molar-refractivity contribution in [1.29, 1.82) is 0 Å². The van der Waals surface area contributed by atoms with Crippen LogP contribution in [0.1, 0.15) is 29.9 Å². The Morgan fingerprint density at radius 1 is 1.10 bits per heavy atom. The van der Waals surface area contributed by atoms with Gasteiger partial charge in [-0.25, -0.2) is 14.3 Å². The number of rotatable bonds is 4. The average molecular weight is 434 g/mol. The molecule has 5 rings (SSSR count). The van der Waals surface area contributed by atoms with E-state index in [1.54, 1.807) is 29.0 Å². The van der Waals surface area contributed by atoms with Crippen molar-refractivity contribution in [3.63, 3.8) is 0 Å². The fraction of sp³-hybridized carbons (Fsp3) is 0.292. The van der Waals surface area contributed by atoms with E-state index in [-0.39, 0.29) is 16.9 Å². The first-order valence-corrected chi connectivity index (χ1v) is 11.2. The SMILES string of the molecule is CC1(C)Cc2c(sc3c2c(=O)n(-c2ccccn2)c(=O)n3CCc2ccccc2)CO1. The number of aromatic nitrogens is 3. The van der Waals surface area contributed by atoms with Crippen molar-refractivity contribution in [2.24, 2.45) is 0 Å². The summed E-state index contributed by atoms with van der Waals surface area (Å²) >= 11 is 1.50. The fourth-order valence-corrected chi connectivity index (χ4v) is 5.37. The number of aryl methyl sites for hydroxylation is 2. The Labute approximate surface area is 183 Å². The van der Waals surface area contributed by atoms with Crippen molar-refractivity contribution in [1.82, 2.24) is 14.1 Å². The lowest BCUT2D eigenvalue weighted by Crippen LogP contribution is -2.40. The number of fused-ring (bicyclic) bond motifs is 3. The normalized spacial score (nSPS) is 15.2. The lowest BCUT2D eigenvalue weighted by atomic mass is 9.94. The molecule has 0 spiro atoms. The fourth-order valence-electron chi connectivity index (χ4n) is 4.13. The summed E-state index contributed by atoms with van der Waals surface area (Å²) in [4.78, 5) is 33.2. The molecule has 1 aliphatic rings. The first-order valence-electron chi connectivity index (χ1n) is 10.3. The third kappa shape index (κ3) is 3.54. The Morgan fingerprint density at radius 2 is 1.87 bits per heavy atom. The minimum absolute atomic E-state index is 0.301. The van der Waals surface area contributed by atoms with Crippen LogP contribution in [0.2, 0.25) is 0 Å². The molecule has 31 heavy (non-hydrogen) atoms. The van der Waals surface area contributed by atoms with Crippen LogP contribution in [0.25, 0.3) is 16.0 Å². The van der Waals surface area contributed by atoms with Crippen molar-refractivity contribution >= 4 is 21.6 Å². The highest BCUT2D eigenvalue weighted by Crippen LogP contribution is 2.37. The number of hydrogen-bond donors (Lipinski definition) is 0. The molecular weight excluding hydrogens is 410 g/mol. The van der Waals surface area contributed by atoms with E-state index in [2.05, 4.69) is 4.98 Å². The van der Waals surface area contributed by atoms with Gasteiger partial charge < -0.3 is 4.74 Å². The van der Waals surface area contributed by atoms with Gasteiger partial charge in [-0.15, -0.1) is 11.3 Å². The number of hydrogen-bond acceptors (Lipinski definition) is 5. The topological polar surface area (TPSA) is 66.1 Å². The summed E-state index contributed by atoms with van der Waals surface area (Å²) in [7, 11) is 0. The maximum atomic E-state index is 13.6. The van der Waals surface area contributed by atoms with Crippen LogP contribution in [-0.2, 0) is 30.7 Å². The van der Waals surface area contributed by atoms with Gasteiger partial charge in [0.2, 0.25) is 0 Å². The molecule has 0 atom stereocenters. The van der Waals surface area contributed by atoms with Gasteiger partial charge in [-0.1, -0.05) is 36.4 Å². The van der Waals surface area contributed by atoms with Crippen LogP contribution in [0.15, 0.2) is 64.3 Å². The Balaban J connectivity index is 1.76. The van der Waals surface area contributed by atoms with E-state index in [4.69, 9.17) is 4.74 Å². The molecule has 7 heteroatoms. The highest BCUT2D eigenvalue weighted by molar-refractivity contribution is 7.18. The molecule has 0 aliphatic carbocycles. The molecule has 0 saturated carbocycles. The van der Waals surface area contributed by atoms with Gasteiger partial charge in [0.15, 0.2) is 0 Å². The van der Waals surface area contributed by atoms with Gasteiger partial charge in [0.25, 0.3) is 5.56 Å². The molecule has 1 aromatic carbocycles. The molecule has 3 aromatic heterocycles. The third-order valence-electron chi connectivity index (χ3n) is 5.70. The predicted molar refractivity (Wildman–Crippen MR) is 122 cm³/mol. The van der Waals surface area contributed by atoms with E-state index in [1.165, 1.54) is 15.9 Å². The first-order chi connectivity index (χ1) is 14.9. The molecule has 4 aromatic rings. The van der Waals surface area contributed by atoms with E-state index in [1.807, 2.05) is 44.2 Å². The maximum Gasteiger partial charge on any atom is 0.338 e. The van der Waals surface area contributed by atoms with Gasteiger partial charge in [0, 0.05) is 24.0 Å². The highest BCUT2D eigenvalue weighted by Gasteiger charge is 2.32. The quantitative estimate of drug-likeness (QED) is 0.492. The van der Waals surface area contributed by atoms with Crippen LogP contribution in [0, 0.1) is 0 Å². The second-order valence-electron chi connectivity index (χ2n) is 8.41. The van der Waals surface area contributed by atoms with Gasteiger partial charge in [-0.2, -0.15) is 0 Å². The van der Waals surface area contributed by atoms with Crippen molar-refractivity contribution in [2.45, 2.75) is 45.4 Å². The van der Waals surface area contributed by atoms with Crippen LogP contribution in [0.3, 0.4) is 0 Å². The highest BCUT2D eigenvalue weighted by atomic mass is 32.1. The van der Waals surface area contributed by atoms with Crippen molar-refractivity contribution < 1.29 is 4.74 Å². The molecule has 0 fully saturated rings. The minimum atomic E-state index is -0.356. The zero-order valence-electron chi connectivity index (χ0n) is 17.5. The molecule has 4 heterocycles. The maximum absolute atomic E-state index is 13.6. The molecule has 0 saturated heterocycles. The van der Waals surface area contributed by atoms with E-state index < -0.39 is 0 Å². The van der Waals surface area contributed by atoms with Crippen LogP contribution in [0.5, 0.6) is 0 Å². The van der Waals surface area contributed by atoms with E-state index in [0.29, 0.717) is 37.2 Å². The Morgan fingerprint density at radius 3 is 2.61 bits per heavy atom. The van der Waals surface area contributed by atoms with Crippen molar-refractivity contribution in [3.05, 3.63) is 91.6 Å². The molecule has 0 bridgehead atoms. The molecule has 0 N–H and O–H groups in total. The van der Waals surface area contributed by atoms with Gasteiger partial charge in [0.1, 0.15) is 10.6 Å². The number of ether oxygens (including phenoxy) is 1. The monoisotopic (exact) mass is 433 g/mol. The van der Waals surface area contributed by atoms with Gasteiger partial charge in [0.05, 0.1) is 17.6 Å². The summed E-state index contributed by atoms with van der Waals surface area (Å²) in [5.41, 5.74) is 1.13. The second-order valence-corrected chi connectivity index (χ2v) is 9.49. The van der Waals surface area contributed by atoms with Gasteiger partial charge in [-0.3, -0.25) is 9.36 Å². The molecule has 158 valence electrons. The molecule has 6 nitrogen and oxygen atoms in total. The van der Waals surface area contributed by atoms with Gasteiger partial charge >= 0.3 is 5.69 Å². The van der Waals surface area contributed by atoms with Gasteiger partial charge in [-0.05, 0) is 43.5 Å². The first kappa shape index (κ1) is 19.9.